The molecule has 1 aromatic rings. The summed E-state index contributed by atoms with van der Waals surface area (Å²) < 4.78 is 4.63. The minimum absolute atomic E-state index is 0.412. The van der Waals surface area contributed by atoms with Crippen molar-refractivity contribution in [2.75, 3.05) is 12.9 Å². The van der Waals surface area contributed by atoms with Gasteiger partial charge < -0.3 is 10.5 Å². The summed E-state index contributed by atoms with van der Waals surface area (Å²) >= 11 is 7.43. The van der Waals surface area contributed by atoms with Gasteiger partial charge in [-0.25, -0.2) is 4.98 Å². The molecule has 0 saturated carbocycles. The van der Waals surface area contributed by atoms with E-state index in [0.717, 1.165) is 5.03 Å². The number of carbonyl (C=O) groups is 1. The number of aromatic nitrogens is 1. The first-order valence-electron chi connectivity index (χ1n) is 5.08. The molecule has 4 nitrogen and oxygen atoms in total. The summed E-state index contributed by atoms with van der Waals surface area (Å²) in [6.07, 6.45) is 2.17. The number of rotatable bonds is 5. The van der Waals surface area contributed by atoms with Crippen LogP contribution in [0.1, 0.15) is 13.3 Å². The molecule has 94 valence electrons. The Morgan fingerprint density at radius 3 is 3.00 bits per heavy atom. The van der Waals surface area contributed by atoms with Crippen LogP contribution in [-0.2, 0) is 9.53 Å². The predicted molar refractivity (Wildman–Crippen MR) is 69.2 cm³/mol. The minimum Gasteiger partial charge on any atom is -0.468 e. The maximum absolute atomic E-state index is 11.3. The number of nitrogens with two attached hydrogens (primary N) is 1. The van der Waals surface area contributed by atoms with Gasteiger partial charge in [0, 0.05) is 11.9 Å². The first-order chi connectivity index (χ1) is 7.97. The maximum Gasteiger partial charge on any atom is 0.325 e. The van der Waals surface area contributed by atoms with Gasteiger partial charge in [0.2, 0.25) is 0 Å². The molecule has 0 bridgehead atoms. The molecule has 0 radical (unpaired) electrons. The molecule has 1 aromatic heterocycles. The van der Waals surface area contributed by atoms with E-state index in [1.807, 2.05) is 0 Å². The van der Waals surface area contributed by atoms with Crippen LogP contribution in [-0.4, -0.2) is 29.4 Å². The molecule has 1 heterocycles. The van der Waals surface area contributed by atoms with Crippen LogP contribution in [0.3, 0.4) is 0 Å². The van der Waals surface area contributed by atoms with Crippen LogP contribution >= 0.6 is 23.4 Å². The Kier molecular flexibility index (Phi) is 5.24. The van der Waals surface area contributed by atoms with Gasteiger partial charge >= 0.3 is 5.97 Å². The Morgan fingerprint density at radius 2 is 2.41 bits per heavy atom. The highest BCUT2D eigenvalue weighted by molar-refractivity contribution is 7.99. The minimum atomic E-state index is -0.969. The number of ether oxygens (including phenoxy) is 1. The second-order valence-corrected chi connectivity index (χ2v) is 5.29. The Balaban J connectivity index is 2.48. The average Bonchev–Trinajstić information content (AvgIpc) is 2.30. The quantitative estimate of drug-likeness (QED) is 0.658. The SMILES string of the molecule is COC(=O)C(C)(N)CCSc1ncccc1Cl. The first-order valence-corrected chi connectivity index (χ1v) is 6.44. The number of hydrogen-bond donors (Lipinski definition) is 1. The van der Waals surface area contributed by atoms with Gasteiger partial charge in [0.05, 0.1) is 12.1 Å². The zero-order chi connectivity index (χ0) is 12.9. The normalized spacial score (nSPS) is 14.1. The van der Waals surface area contributed by atoms with Gasteiger partial charge in [-0.05, 0) is 25.5 Å². The van der Waals surface area contributed by atoms with Crippen LogP contribution in [0, 0.1) is 0 Å². The fourth-order valence-electron chi connectivity index (χ4n) is 1.17. The highest BCUT2D eigenvalue weighted by Crippen LogP contribution is 2.26. The van der Waals surface area contributed by atoms with Crippen molar-refractivity contribution in [1.82, 2.24) is 4.98 Å². The summed E-state index contributed by atoms with van der Waals surface area (Å²) in [5.74, 6) is 0.240. The summed E-state index contributed by atoms with van der Waals surface area (Å²) in [6, 6.07) is 3.55. The lowest BCUT2D eigenvalue weighted by Gasteiger charge is -2.20. The van der Waals surface area contributed by atoms with E-state index in [0.29, 0.717) is 17.2 Å². The van der Waals surface area contributed by atoms with Gasteiger partial charge in [0.25, 0.3) is 0 Å². The molecule has 6 heteroatoms. The van der Waals surface area contributed by atoms with Gasteiger partial charge in [-0.15, -0.1) is 11.8 Å². The number of esters is 1. The van der Waals surface area contributed by atoms with Gasteiger partial charge in [-0.1, -0.05) is 11.6 Å². The van der Waals surface area contributed by atoms with Crippen molar-refractivity contribution in [3.63, 3.8) is 0 Å². The molecule has 0 spiro atoms. The number of pyridine rings is 1. The number of halogens is 1. The van der Waals surface area contributed by atoms with Gasteiger partial charge in [-0.3, -0.25) is 4.79 Å². The molecule has 1 unspecified atom stereocenters. The number of hydrogen-bond acceptors (Lipinski definition) is 5. The van der Waals surface area contributed by atoms with Crippen molar-refractivity contribution >= 4 is 29.3 Å². The Bertz CT molecular complexity index is 399. The third-order valence-corrected chi connectivity index (χ3v) is 3.66. The molecule has 0 aliphatic rings. The van der Waals surface area contributed by atoms with E-state index in [2.05, 4.69) is 9.72 Å². The lowest BCUT2D eigenvalue weighted by Crippen LogP contribution is -2.46. The van der Waals surface area contributed by atoms with Crippen molar-refractivity contribution in [3.8, 4) is 0 Å². The number of methoxy groups -OCH3 is 1. The van der Waals surface area contributed by atoms with E-state index in [-0.39, 0.29) is 0 Å². The smallest absolute Gasteiger partial charge is 0.325 e. The van der Waals surface area contributed by atoms with Crippen LogP contribution in [0.2, 0.25) is 5.02 Å². The molecule has 1 rings (SSSR count). The molecule has 1 atom stereocenters. The van der Waals surface area contributed by atoms with E-state index >= 15 is 0 Å². The van der Waals surface area contributed by atoms with Crippen molar-refractivity contribution in [2.45, 2.75) is 23.9 Å². The standard InChI is InChI=1S/C11H15ClN2O2S/c1-11(13,10(15)16-2)5-7-17-9-8(12)4-3-6-14-9/h3-4,6H,5,7,13H2,1-2H3. The zero-order valence-electron chi connectivity index (χ0n) is 9.77. The van der Waals surface area contributed by atoms with Crippen molar-refractivity contribution in [1.29, 1.82) is 0 Å². The Labute approximate surface area is 110 Å². The van der Waals surface area contributed by atoms with Crippen LogP contribution in [0.5, 0.6) is 0 Å². The third kappa shape index (κ3) is 4.18. The molecular formula is C11H15ClN2O2S. The fourth-order valence-corrected chi connectivity index (χ4v) is 2.52. The molecule has 0 aliphatic carbocycles. The molecule has 0 saturated heterocycles. The van der Waals surface area contributed by atoms with Crippen molar-refractivity contribution < 1.29 is 9.53 Å². The summed E-state index contributed by atoms with van der Waals surface area (Å²) in [6.45, 7) is 1.65. The highest BCUT2D eigenvalue weighted by Gasteiger charge is 2.28. The second-order valence-electron chi connectivity index (χ2n) is 3.80. The van der Waals surface area contributed by atoms with E-state index in [9.17, 15) is 4.79 Å². The largest absolute Gasteiger partial charge is 0.468 e. The molecule has 0 aromatic carbocycles. The van der Waals surface area contributed by atoms with Crippen LogP contribution in [0.25, 0.3) is 0 Å². The molecular weight excluding hydrogens is 260 g/mol. The maximum atomic E-state index is 11.3. The Morgan fingerprint density at radius 1 is 1.71 bits per heavy atom. The third-order valence-electron chi connectivity index (χ3n) is 2.24. The summed E-state index contributed by atoms with van der Waals surface area (Å²) in [5, 5.41) is 1.35. The van der Waals surface area contributed by atoms with Gasteiger partial charge in [0.15, 0.2) is 0 Å². The van der Waals surface area contributed by atoms with E-state index in [1.165, 1.54) is 18.9 Å². The average molecular weight is 275 g/mol. The van der Waals surface area contributed by atoms with Crippen molar-refractivity contribution in [3.05, 3.63) is 23.4 Å². The topological polar surface area (TPSA) is 65.2 Å². The summed E-state index contributed by atoms with van der Waals surface area (Å²) in [4.78, 5) is 15.5. The highest BCUT2D eigenvalue weighted by atomic mass is 35.5. The fraction of sp³-hybridized carbons (Fsp3) is 0.455. The molecule has 17 heavy (non-hydrogen) atoms. The monoisotopic (exact) mass is 274 g/mol. The van der Waals surface area contributed by atoms with Crippen molar-refractivity contribution in [2.24, 2.45) is 5.73 Å². The molecule has 0 fully saturated rings. The van der Waals surface area contributed by atoms with Crippen LogP contribution in [0.4, 0.5) is 0 Å². The molecule has 0 aliphatic heterocycles. The lowest BCUT2D eigenvalue weighted by atomic mass is 10.0. The second kappa shape index (κ2) is 6.23. The zero-order valence-corrected chi connectivity index (χ0v) is 11.3. The Hall–Kier alpha value is -0.780. The van der Waals surface area contributed by atoms with E-state index < -0.39 is 11.5 Å². The summed E-state index contributed by atoms with van der Waals surface area (Å²) in [7, 11) is 1.33. The number of thioether (sulfide) groups is 1. The van der Waals surface area contributed by atoms with Crippen LogP contribution in [0.15, 0.2) is 23.4 Å². The predicted octanol–water partition coefficient (Wildman–Crippen LogP) is 2.11. The van der Waals surface area contributed by atoms with Gasteiger partial charge in [0.1, 0.15) is 10.6 Å². The summed E-state index contributed by atoms with van der Waals surface area (Å²) in [5.41, 5.74) is 4.86. The van der Waals surface area contributed by atoms with E-state index in [1.54, 1.807) is 25.3 Å². The molecule has 0 amide bonds. The number of carbonyl (C=O) groups excluding carboxylic acids is 1. The van der Waals surface area contributed by atoms with E-state index in [4.69, 9.17) is 17.3 Å². The molecule has 2 N–H and O–H groups in total. The van der Waals surface area contributed by atoms with Crippen LogP contribution < -0.4 is 5.73 Å². The lowest BCUT2D eigenvalue weighted by molar-refractivity contribution is -0.146. The van der Waals surface area contributed by atoms with Gasteiger partial charge in [-0.2, -0.15) is 0 Å². The first kappa shape index (κ1) is 14.3. The number of nitrogens with zero attached hydrogens (tertiary/aromatic N) is 1.